The Hall–Kier alpha value is -2.64. The Kier molecular flexibility index (Phi) is 4.61. The molecule has 0 spiro atoms. The molecule has 0 saturated carbocycles. The minimum Gasteiger partial charge on any atom is -0.364 e. The number of nitrogens with zero attached hydrogens (tertiary/aromatic N) is 4. The van der Waals surface area contributed by atoms with E-state index in [1.807, 2.05) is 32.9 Å². The normalized spacial score (nSPS) is 14.8. The summed E-state index contributed by atoms with van der Waals surface area (Å²) in [6.45, 7) is 8.03. The van der Waals surface area contributed by atoms with Crippen molar-refractivity contribution in [2.45, 2.75) is 45.7 Å². The van der Waals surface area contributed by atoms with Crippen LogP contribution in [0.15, 0.2) is 27.9 Å². The summed E-state index contributed by atoms with van der Waals surface area (Å²) < 4.78 is 1.52. The van der Waals surface area contributed by atoms with Crippen molar-refractivity contribution in [3.05, 3.63) is 44.7 Å². The van der Waals surface area contributed by atoms with E-state index in [1.165, 1.54) is 17.4 Å². The van der Waals surface area contributed by atoms with Crippen molar-refractivity contribution in [1.29, 1.82) is 0 Å². The molecule has 0 amide bonds. The third kappa shape index (κ3) is 3.89. The van der Waals surface area contributed by atoms with Crippen molar-refractivity contribution >= 4 is 11.6 Å². The van der Waals surface area contributed by atoms with Gasteiger partial charge in [-0.15, -0.1) is 10.2 Å². The van der Waals surface area contributed by atoms with E-state index in [0.29, 0.717) is 11.4 Å². The molecule has 2 N–H and O–H groups in total. The van der Waals surface area contributed by atoms with Gasteiger partial charge in [-0.05, 0) is 45.7 Å². The van der Waals surface area contributed by atoms with Crippen molar-refractivity contribution in [3.8, 4) is 0 Å². The van der Waals surface area contributed by atoms with Crippen LogP contribution in [0, 0.1) is 0 Å². The van der Waals surface area contributed by atoms with Crippen LogP contribution in [0.4, 0.5) is 11.6 Å². The largest absolute Gasteiger partial charge is 0.364 e. The Morgan fingerprint density at radius 2 is 1.88 bits per heavy atom. The maximum absolute atomic E-state index is 12.0. The highest BCUT2D eigenvalue weighted by Crippen LogP contribution is 2.17. The van der Waals surface area contributed by atoms with Crippen LogP contribution in [0.1, 0.15) is 39.2 Å². The molecule has 1 fully saturated rings. The second-order valence-electron chi connectivity index (χ2n) is 7.28. The van der Waals surface area contributed by atoms with Gasteiger partial charge >= 0.3 is 5.69 Å². The van der Waals surface area contributed by atoms with Gasteiger partial charge in [-0.25, -0.2) is 4.79 Å². The lowest BCUT2D eigenvalue weighted by molar-refractivity contribution is 0.374. The van der Waals surface area contributed by atoms with Gasteiger partial charge in [0.2, 0.25) is 0 Å². The van der Waals surface area contributed by atoms with Crippen LogP contribution in [0.2, 0.25) is 0 Å². The third-order valence-corrected chi connectivity index (χ3v) is 4.28. The maximum atomic E-state index is 12.0. The zero-order chi connectivity index (χ0) is 18.0. The molecule has 0 aliphatic carbocycles. The Morgan fingerprint density at radius 3 is 2.48 bits per heavy atom. The van der Waals surface area contributed by atoms with Gasteiger partial charge in [0, 0.05) is 31.4 Å². The number of H-pyrrole nitrogens is 1. The summed E-state index contributed by atoms with van der Waals surface area (Å²) in [7, 11) is 0. The fourth-order valence-corrected chi connectivity index (χ4v) is 2.86. The third-order valence-electron chi connectivity index (χ3n) is 4.28. The van der Waals surface area contributed by atoms with Crippen LogP contribution in [0.3, 0.4) is 0 Å². The van der Waals surface area contributed by atoms with Gasteiger partial charge in [-0.2, -0.15) is 0 Å². The molecule has 0 atom stereocenters. The number of rotatable bonds is 4. The molecule has 8 nitrogen and oxygen atoms in total. The lowest BCUT2D eigenvalue weighted by atomic mass is 10.1. The smallest absolute Gasteiger partial charge is 0.328 e. The zero-order valence-corrected chi connectivity index (χ0v) is 14.9. The molecule has 0 unspecified atom stereocenters. The highest BCUT2D eigenvalue weighted by atomic mass is 16.2. The van der Waals surface area contributed by atoms with Crippen LogP contribution in [-0.4, -0.2) is 32.8 Å². The number of nitrogens with one attached hydrogen (secondary N) is 2. The molecule has 3 rings (SSSR count). The average molecular weight is 344 g/mol. The first-order valence-corrected chi connectivity index (χ1v) is 8.52. The van der Waals surface area contributed by atoms with Crippen LogP contribution < -0.4 is 21.5 Å². The Bertz CT molecular complexity index is 841. The van der Waals surface area contributed by atoms with Crippen molar-refractivity contribution < 1.29 is 0 Å². The van der Waals surface area contributed by atoms with Crippen molar-refractivity contribution in [2.75, 3.05) is 23.3 Å². The summed E-state index contributed by atoms with van der Waals surface area (Å²) in [6, 6.07) is 3.79. The van der Waals surface area contributed by atoms with E-state index in [1.54, 1.807) is 6.20 Å². The van der Waals surface area contributed by atoms with Gasteiger partial charge in [0.25, 0.3) is 5.56 Å². The Morgan fingerprint density at radius 1 is 1.16 bits per heavy atom. The van der Waals surface area contributed by atoms with E-state index in [0.717, 1.165) is 18.9 Å². The van der Waals surface area contributed by atoms with Gasteiger partial charge in [-0.3, -0.25) is 14.3 Å². The molecule has 0 radical (unpaired) electrons. The molecular weight excluding hydrogens is 320 g/mol. The number of hydrogen-bond acceptors (Lipinski definition) is 6. The second kappa shape index (κ2) is 6.70. The average Bonchev–Trinajstić information content (AvgIpc) is 3.08. The number of aromatic amines is 1. The highest BCUT2D eigenvalue weighted by Gasteiger charge is 2.17. The monoisotopic (exact) mass is 344 g/mol. The first-order valence-electron chi connectivity index (χ1n) is 8.52. The lowest BCUT2D eigenvalue weighted by Crippen LogP contribution is -2.40. The molecule has 2 aromatic heterocycles. The molecule has 3 heterocycles. The maximum Gasteiger partial charge on any atom is 0.328 e. The van der Waals surface area contributed by atoms with Crippen LogP contribution in [0.25, 0.3) is 0 Å². The van der Waals surface area contributed by atoms with Crippen LogP contribution in [-0.2, 0) is 12.1 Å². The number of anilines is 2. The SMILES string of the molecule is CC(C)(C)n1cc(CNc2ccc(N3CCCC3)nn2)c(=O)[nH]c1=O. The summed E-state index contributed by atoms with van der Waals surface area (Å²) in [5.41, 5.74) is -0.733. The first kappa shape index (κ1) is 17.2. The van der Waals surface area contributed by atoms with Crippen molar-refractivity contribution in [1.82, 2.24) is 19.7 Å². The fourth-order valence-electron chi connectivity index (χ4n) is 2.86. The van der Waals surface area contributed by atoms with E-state index in [2.05, 4.69) is 25.4 Å². The minimum absolute atomic E-state index is 0.267. The quantitative estimate of drug-likeness (QED) is 0.868. The molecule has 1 aliphatic heterocycles. The second-order valence-corrected chi connectivity index (χ2v) is 7.28. The summed E-state index contributed by atoms with van der Waals surface area (Å²) in [5.74, 6) is 1.47. The van der Waals surface area contributed by atoms with E-state index in [4.69, 9.17) is 0 Å². The molecule has 2 aromatic rings. The Balaban J connectivity index is 1.73. The van der Waals surface area contributed by atoms with E-state index < -0.39 is 11.2 Å². The van der Waals surface area contributed by atoms with Gasteiger partial charge in [0.05, 0.1) is 5.56 Å². The van der Waals surface area contributed by atoms with Crippen molar-refractivity contribution in [3.63, 3.8) is 0 Å². The minimum atomic E-state index is -0.410. The number of aromatic nitrogens is 4. The van der Waals surface area contributed by atoms with Gasteiger partial charge < -0.3 is 10.2 Å². The number of hydrogen-bond donors (Lipinski definition) is 2. The van der Waals surface area contributed by atoms with E-state index in [-0.39, 0.29) is 12.1 Å². The zero-order valence-electron chi connectivity index (χ0n) is 14.9. The Labute approximate surface area is 145 Å². The summed E-state index contributed by atoms with van der Waals surface area (Å²) in [4.78, 5) is 28.5. The molecule has 1 aliphatic rings. The summed E-state index contributed by atoms with van der Waals surface area (Å²) >= 11 is 0. The molecule has 134 valence electrons. The van der Waals surface area contributed by atoms with Gasteiger partial charge in [0.15, 0.2) is 5.82 Å². The topological polar surface area (TPSA) is 95.9 Å². The lowest BCUT2D eigenvalue weighted by Gasteiger charge is -2.22. The van der Waals surface area contributed by atoms with Crippen LogP contribution >= 0.6 is 0 Å². The molecule has 0 aromatic carbocycles. The first-order chi connectivity index (χ1) is 11.8. The molecule has 25 heavy (non-hydrogen) atoms. The van der Waals surface area contributed by atoms with E-state index >= 15 is 0 Å². The van der Waals surface area contributed by atoms with Crippen molar-refractivity contribution in [2.24, 2.45) is 0 Å². The molecule has 1 saturated heterocycles. The van der Waals surface area contributed by atoms with E-state index in [9.17, 15) is 9.59 Å². The standard InChI is InChI=1S/C17H24N6O2/c1-17(2,3)23-11-12(15(24)19-16(23)25)10-18-13-6-7-14(21-20-13)22-8-4-5-9-22/h6-7,11H,4-5,8-10H2,1-3H3,(H,18,20)(H,19,24,25). The molecular formula is C17H24N6O2. The molecule has 0 bridgehead atoms. The fraction of sp³-hybridized carbons (Fsp3) is 0.529. The van der Waals surface area contributed by atoms with Gasteiger partial charge in [0.1, 0.15) is 5.82 Å². The molecule has 8 heteroatoms. The van der Waals surface area contributed by atoms with Crippen LogP contribution in [0.5, 0.6) is 0 Å². The predicted molar refractivity (Wildman–Crippen MR) is 97.1 cm³/mol. The summed E-state index contributed by atoms with van der Waals surface area (Å²) in [6.07, 6.45) is 3.97. The highest BCUT2D eigenvalue weighted by molar-refractivity contribution is 5.44. The predicted octanol–water partition coefficient (Wildman–Crippen LogP) is 1.29. The summed E-state index contributed by atoms with van der Waals surface area (Å²) in [5, 5.41) is 11.5. The van der Waals surface area contributed by atoms with Gasteiger partial charge in [-0.1, -0.05) is 0 Å².